The van der Waals surface area contributed by atoms with Crippen LogP contribution in [-0.4, -0.2) is 43.8 Å². The van der Waals surface area contributed by atoms with Crippen molar-refractivity contribution in [1.29, 1.82) is 0 Å². The Labute approximate surface area is 95.9 Å². The maximum atomic E-state index is 11.0. The second-order valence-electron chi connectivity index (χ2n) is 3.80. The Morgan fingerprint density at radius 2 is 2.50 bits per heavy atom. The molecule has 89 valence electrons. The van der Waals surface area contributed by atoms with Crippen LogP contribution in [0.15, 0.2) is 17.8 Å². The maximum absolute atomic E-state index is 11.0. The van der Waals surface area contributed by atoms with Gasteiger partial charge >= 0.3 is 0 Å². The first kappa shape index (κ1) is 12.7. The summed E-state index contributed by atoms with van der Waals surface area (Å²) in [7, 11) is 3.62. The van der Waals surface area contributed by atoms with Gasteiger partial charge in [0.25, 0.3) is 5.91 Å². The number of nitrogens with one attached hydrogen (secondary N) is 1. The lowest BCUT2D eigenvalue weighted by molar-refractivity contribution is -0.115. The average molecular weight is 224 g/mol. The van der Waals surface area contributed by atoms with E-state index in [0.29, 0.717) is 12.3 Å². The molecule has 0 saturated carbocycles. The third-order valence-electron chi connectivity index (χ3n) is 2.59. The van der Waals surface area contributed by atoms with Crippen LogP contribution in [0.1, 0.15) is 6.92 Å². The highest BCUT2D eigenvalue weighted by Gasteiger charge is 2.21. The second-order valence-corrected chi connectivity index (χ2v) is 3.80. The summed E-state index contributed by atoms with van der Waals surface area (Å²) in [4.78, 5) is 13.1. The largest absolute Gasteiger partial charge is 0.383 e. The van der Waals surface area contributed by atoms with Gasteiger partial charge in [0, 0.05) is 19.2 Å². The molecular formula is C11H18N3O2. The standard InChI is InChI=1S/C11H18N3O2/c1-8(7-16-3)14(2)10-6-4-5-9(13-10)11(12)15/h4,6,8,10,13H,7H2,1-3H3,(H2,12,15)/t8-,10?/m0/s1. The minimum Gasteiger partial charge on any atom is -0.383 e. The highest BCUT2D eigenvalue weighted by molar-refractivity contribution is 5.91. The minimum atomic E-state index is -0.498. The number of nitrogens with zero attached hydrogens (tertiary/aromatic N) is 1. The van der Waals surface area contributed by atoms with Gasteiger partial charge in [0.15, 0.2) is 0 Å². The fraction of sp³-hybridized carbons (Fsp3) is 0.545. The molecular weight excluding hydrogens is 206 g/mol. The molecule has 0 aromatic heterocycles. The van der Waals surface area contributed by atoms with Crippen LogP contribution < -0.4 is 11.1 Å². The molecule has 0 spiro atoms. The highest BCUT2D eigenvalue weighted by atomic mass is 16.5. The Kier molecular flexibility index (Phi) is 4.52. The molecule has 3 N–H and O–H groups in total. The van der Waals surface area contributed by atoms with Crippen LogP contribution >= 0.6 is 0 Å². The van der Waals surface area contributed by atoms with Gasteiger partial charge in [-0.3, -0.25) is 9.69 Å². The zero-order valence-electron chi connectivity index (χ0n) is 9.86. The van der Waals surface area contributed by atoms with Crippen molar-refractivity contribution >= 4 is 5.91 Å². The normalized spacial score (nSPS) is 21.5. The van der Waals surface area contributed by atoms with E-state index in [0.717, 1.165) is 0 Å². The van der Waals surface area contributed by atoms with E-state index in [1.165, 1.54) is 0 Å². The first-order valence-electron chi connectivity index (χ1n) is 5.13. The molecule has 0 saturated heterocycles. The van der Waals surface area contributed by atoms with Gasteiger partial charge in [-0.15, -0.1) is 0 Å². The van der Waals surface area contributed by atoms with E-state index in [2.05, 4.69) is 16.3 Å². The molecule has 1 heterocycles. The van der Waals surface area contributed by atoms with Crippen molar-refractivity contribution in [3.8, 4) is 0 Å². The molecule has 5 nitrogen and oxygen atoms in total. The number of hydrogen-bond donors (Lipinski definition) is 2. The smallest absolute Gasteiger partial charge is 0.265 e. The number of likely N-dealkylation sites (N-methyl/N-ethyl adjacent to an activating group) is 1. The number of amides is 1. The molecule has 2 atom stereocenters. The molecule has 1 rings (SSSR count). The predicted octanol–water partition coefficient (Wildman–Crippen LogP) is -0.389. The maximum Gasteiger partial charge on any atom is 0.265 e. The lowest BCUT2D eigenvalue weighted by Gasteiger charge is -2.33. The Morgan fingerprint density at radius 3 is 3.06 bits per heavy atom. The third kappa shape index (κ3) is 3.08. The van der Waals surface area contributed by atoms with Gasteiger partial charge in [-0.25, -0.2) is 0 Å². The van der Waals surface area contributed by atoms with Crippen LogP contribution in [0, 0.1) is 6.08 Å². The lowest BCUT2D eigenvalue weighted by Crippen LogP contribution is -2.49. The molecule has 0 aromatic carbocycles. The molecule has 0 bridgehead atoms. The minimum absolute atomic E-state index is 0.0612. The van der Waals surface area contributed by atoms with E-state index in [1.807, 2.05) is 20.0 Å². The van der Waals surface area contributed by atoms with Crippen LogP contribution in [0.4, 0.5) is 0 Å². The second kappa shape index (κ2) is 5.67. The summed E-state index contributed by atoms with van der Waals surface area (Å²) < 4.78 is 5.08. The van der Waals surface area contributed by atoms with E-state index >= 15 is 0 Å². The van der Waals surface area contributed by atoms with Crippen molar-refractivity contribution in [3.63, 3.8) is 0 Å². The summed E-state index contributed by atoms with van der Waals surface area (Å²) >= 11 is 0. The highest BCUT2D eigenvalue weighted by Crippen LogP contribution is 2.08. The van der Waals surface area contributed by atoms with Crippen molar-refractivity contribution in [2.45, 2.75) is 19.1 Å². The van der Waals surface area contributed by atoms with Crippen LogP contribution in [0.5, 0.6) is 0 Å². The van der Waals surface area contributed by atoms with Crippen molar-refractivity contribution in [1.82, 2.24) is 10.2 Å². The number of dihydropyridines is 1. The summed E-state index contributed by atoms with van der Waals surface area (Å²) in [5, 5.41) is 3.01. The number of primary amides is 1. The fourth-order valence-electron chi connectivity index (χ4n) is 1.47. The number of nitrogens with two attached hydrogens (primary N) is 1. The van der Waals surface area contributed by atoms with Crippen molar-refractivity contribution in [3.05, 3.63) is 23.9 Å². The van der Waals surface area contributed by atoms with Gasteiger partial charge in [0.1, 0.15) is 5.70 Å². The third-order valence-corrected chi connectivity index (χ3v) is 2.59. The summed E-state index contributed by atoms with van der Waals surface area (Å²) in [6.07, 6.45) is 6.33. The van der Waals surface area contributed by atoms with E-state index in [9.17, 15) is 4.79 Å². The van der Waals surface area contributed by atoms with Gasteiger partial charge < -0.3 is 15.8 Å². The summed E-state index contributed by atoms with van der Waals surface area (Å²) in [5.74, 6) is -0.498. The number of rotatable bonds is 5. The van der Waals surface area contributed by atoms with Crippen LogP contribution in [-0.2, 0) is 9.53 Å². The lowest BCUT2D eigenvalue weighted by atomic mass is 10.2. The van der Waals surface area contributed by atoms with Crippen molar-refractivity contribution in [2.75, 3.05) is 20.8 Å². The Hall–Kier alpha value is -1.33. The molecule has 1 aliphatic rings. The topological polar surface area (TPSA) is 67.6 Å². The first-order valence-corrected chi connectivity index (χ1v) is 5.13. The average Bonchev–Trinajstić information content (AvgIpc) is 2.28. The number of allylic oxidation sites excluding steroid dienone is 2. The van der Waals surface area contributed by atoms with Gasteiger partial charge in [-0.1, -0.05) is 6.08 Å². The number of hydrogen-bond acceptors (Lipinski definition) is 4. The van der Waals surface area contributed by atoms with Gasteiger partial charge in [-0.2, -0.15) is 0 Å². The number of carbonyl (C=O) groups excluding carboxylic acids is 1. The zero-order chi connectivity index (χ0) is 12.1. The quantitative estimate of drug-likeness (QED) is 0.667. The van der Waals surface area contributed by atoms with E-state index < -0.39 is 5.91 Å². The SMILES string of the molecule is COC[C@H](C)N(C)C1C=C[C]=C(C(N)=O)N1. The molecule has 1 unspecified atom stereocenters. The van der Waals surface area contributed by atoms with E-state index in [-0.39, 0.29) is 12.2 Å². The summed E-state index contributed by atoms with van der Waals surface area (Å²) in [5.41, 5.74) is 5.50. The van der Waals surface area contributed by atoms with Gasteiger partial charge in [-0.05, 0) is 20.0 Å². The zero-order valence-corrected chi connectivity index (χ0v) is 9.86. The van der Waals surface area contributed by atoms with E-state index in [4.69, 9.17) is 10.5 Å². The monoisotopic (exact) mass is 224 g/mol. The number of carbonyl (C=O) groups is 1. The van der Waals surface area contributed by atoms with Crippen LogP contribution in [0.2, 0.25) is 0 Å². The van der Waals surface area contributed by atoms with Crippen LogP contribution in [0.25, 0.3) is 0 Å². The molecule has 16 heavy (non-hydrogen) atoms. The summed E-state index contributed by atoms with van der Waals surface area (Å²) in [6, 6.07) is 0.236. The molecule has 1 radical (unpaired) electrons. The Bertz CT molecular complexity index is 312. The molecule has 0 fully saturated rings. The van der Waals surface area contributed by atoms with Gasteiger partial charge in [0.2, 0.25) is 0 Å². The number of ether oxygens (including phenoxy) is 1. The van der Waals surface area contributed by atoms with E-state index in [1.54, 1.807) is 13.2 Å². The van der Waals surface area contributed by atoms with Crippen molar-refractivity contribution in [2.24, 2.45) is 5.73 Å². The van der Waals surface area contributed by atoms with Crippen molar-refractivity contribution < 1.29 is 9.53 Å². The molecule has 0 aromatic rings. The van der Waals surface area contributed by atoms with Gasteiger partial charge in [0.05, 0.1) is 12.8 Å². The Balaban J connectivity index is 2.60. The van der Waals surface area contributed by atoms with Crippen LogP contribution in [0.3, 0.4) is 0 Å². The Morgan fingerprint density at radius 1 is 1.81 bits per heavy atom. The molecule has 1 aliphatic heterocycles. The summed E-state index contributed by atoms with van der Waals surface area (Å²) in [6.45, 7) is 2.67. The molecule has 1 amide bonds. The predicted molar refractivity (Wildman–Crippen MR) is 61.1 cm³/mol. The first-order chi connectivity index (χ1) is 7.56. The molecule has 5 heteroatoms. The number of methoxy groups -OCH3 is 1. The fourth-order valence-corrected chi connectivity index (χ4v) is 1.47. The molecule has 0 aliphatic carbocycles.